The Kier molecular flexibility index (Phi) is 4.44. The third-order valence-corrected chi connectivity index (χ3v) is 2.68. The lowest BCUT2D eigenvalue weighted by Crippen LogP contribution is -2.14. The van der Waals surface area contributed by atoms with Crippen LogP contribution in [0.1, 0.15) is 35.3 Å². The molecule has 0 N–H and O–H groups in total. The van der Waals surface area contributed by atoms with Crippen molar-refractivity contribution in [3.05, 3.63) is 34.9 Å². The number of ether oxygens (including phenoxy) is 1. The first kappa shape index (κ1) is 13.4. The number of carbonyl (C=O) groups excluding carboxylic acids is 2. The summed E-state index contributed by atoms with van der Waals surface area (Å²) in [5.41, 5.74) is 2.20. The fraction of sp³-hybridized carbons (Fsp3) is 0.429. The van der Waals surface area contributed by atoms with E-state index in [-0.39, 0.29) is 24.1 Å². The van der Waals surface area contributed by atoms with Crippen LogP contribution in [0.5, 0.6) is 0 Å². The van der Waals surface area contributed by atoms with E-state index in [9.17, 15) is 9.59 Å². The van der Waals surface area contributed by atoms with Crippen LogP contribution in [0.4, 0.5) is 0 Å². The summed E-state index contributed by atoms with van der Waals surface area (Å²) in [6.07, 6.45) is 0.280. The molecule has 3 nitrogen and oxygen atoms in total. The highest BCUT2D eigenvalue weighted by atomic mass is 16.5. The van der Waals surface area contributed by atoms with Gasteiger partial charge in [-0.1, -0.05) is 31.5 Å². The minimum Gasteiger partial charge on any atom is -0.465 e. The van der Waals surface area contributed by atoms with Crippen molar-refractivity contribution in [2.75, 3.05) is 7.11 Å². The number of Topliss-reactive ketones (excluding diaryl/α,β-unsaturated/α-hetero) is 1. The highest BCUT2D eigenvalue weighted by molar-refractivity contribution is 5.93. The molecule has 0 fully saturated rings. The Balaban J connectivity index is 3.06. The Morgan fingerprint density at radius 1 is 1.29 bits per heavy atom. The van der Waals surface area contributed by atoms with Crippen LogP contribution in [0.3, 0.4) is 0 Å². The van der Waals surface area contributed by atoms with E-state index in [1.807, 2.05) is 32.9 Å². The van der Waals surface area contributed by atoms with Gasteiger partial charge >= 0.3 is 5.97 Å². The number of hydrogen-bond acceptors (Lipinski definition) is 3. The van der Waals surface area contributed by atoms with Crippen LogP contribution >= 0.6 is 0 Å². The molecule has 17 heavy (non-hydrogen) atoms. The molecule has 0 atom stereocenters. The van der Waals surface area contributed by atoms with Gasteiger partial charge in [0.05, 0.1) is 12.7 Å². The first-order chi connectivity index (χ1) is 7.95. The number of hydrogen-bond donors (Lipinski definition) is 0. The van der Waals surface area contributed by atoms with Gasteiger partial charge in [-0.05, 0) is 18.6 Å². The number of rotatable bonds is 4. The van der Waals surface area contributed by atoms with Gasteiger partial charge < -0.3 is 4.74 Å². The summed E-state index contributed by atoms with van der Waals surface area (Å²) in [5, 5.41) is 0. The van der Waals surface area contributed by atoms with E-state index in [0.29, 0.717) is 5.56 Å². The molecule has 0 aliphatic heterocycles. The lowest BCUT2D eigenvalue weighted by atomic mass is 9.96. The SMILES string of the molecule is COC(=O)c1cc(C)ccc1CC(=O)C(C)C. The number of ketones is 1. The third-order valence-electron chi connectivity index (χ3n) is 2.68. The molecule has 3 heteroatoms. The summed E-state index contributed by atoms with van der Waals surface area (Å²) in [7, 11) is 1.35. The molecule has 1 aromatic rings. The second-order valence-electron chi connectivity index (χ2n) is 4.45. The molecule has 0 saturated heterocycles. The summed E-state index contributed by atoms with van der Waals surface area (Å²) < 4.78 is 4.72. The summed E-state index contributed by atoms with van der Waals surface area (Å²) in [5.74, 6) is -0.291. The summed E-state index contributed by atoms with van der Waals surface area (Å²) >= 11 is 0. The predicted octanol–water partition coefficient (Wildman–Crippen LogP) is 2.55. The maximum atomic E-state index is 11.7. The molecular weight excluding hydrogens is 216 g/mol. The predicted molar refractivity (Wildman–Crippen MR) is 66.1 cm³/mol. The maximum Gasteiger partial charge on any atom is 0.338 e. The number of methoxy groups -OCH3 is 1. The quantitative estimate of drug-likeness (QED) is 0.752. The van der Waals surface area contributed by atoms with E-state index in [4.69, 9.17) is 4.74 Å². The molecule has 1 rings (SSSR count). The Morgan fingerprint density at radius 3 is 2.47 bits per heavy atom. The minimum atomic E-state index is -0.389. The first-order valence-electron chi connectivity index (χ1n) is 5.66. The van der Waals surface area contributed by atoms with E-state index in [1.54, 1.807) is 6.07 Å². The fourth-order valence-corrected chi connectivity index (χ4v) is 1.54. The molecule has 0 aliphatic carbocycles. The molecule has 0 aromatic heterocycles. The Hall–Kier alpha value is -1.64. The minimum absolute atomic E-state index is 0.0261. The van der Waals surface area contributed by atoms with Crippen LogP contribution in [0.25, 0.3) is 0 Å². The Morgan fingerprint density at radius 2 is 1.94 bits per heavy atom. The highest BCUT2D eigenvalue weighted by Gasteiger charge is 2.16. The van der Waals surface area contributed by atoms with Crippen molar-refractivity contribution in [3.8, 4) is 0 Å². The smallest absolute Gasteiger partial charge is 0.338 e. The van der Waals surface area contributed by atoms with E-state index in [2.05, 4.69) is 0 Å². The molecule has 92 valence electrons. The second kappa shape index (κ2) is 5.62. The van der Waals surface area contributed by atoms with Crippen molar-refractivity contribution in [1.82, 2.24) is 0 Å². The van der Waals surface area contributed by atoms with Crippen LogP contribution in [0, 0.1) is 12.8 Å². The molecular formula is C14H18O3. The molecule has 0 saturated carbocycles. The van der Waals surface area contributed by atoms with Crippen molar-refractivity contribution in [2.45, 2.75) is 27.2 Å². The molecule has 1 aromatic carbocycles. The zero-order chi connectivity index (χ0) is 13.0. The number of aryl methyl sites for hydroxylation is 1. The van der Waals surface area contributed by atoms with Crippen molar-refractivity contribution >= 4 is 11.8 Å². The van der Waals surface area contributed by atoms with Gasteiger partial charge in [-0.25, -0.2) is 4.79 Å². The first-order valence-corrected chi connectivity index (χ1v) is 5.66. The standard InChI is InChI=1S/C14H18O3/c1-9(2)13(15)8-11-6-5-10(3)7-12(11)14(16)17-4/h5-7,9H,8H2,1-4H3. The molecule has 0 amide bonds. The van der Waals surface area contributed by atoms with Gasteiger partial charge in [0.1, 0.15) is 5.78 Å². The average molecular weight is 234 g/mol. The van der Waals surface area contributed by atoms with Crippen molar-refractivity contribution in [3.63, 3.8) is 0 Å². The third kappa shape index (κ3) is 3.41. The highest BCUT2D eigenvalue weighted by Crippen LogP contribution is 2.15. The van der Waals surface area contributed by atoms with Crippen LogP contribution < -0.4 is 0 Å². The van der Waals surface area contributed by atoms with E-state index >= 15 is 0 Å². The van der Waals surface area contributed by atoms with Gasteiger partial charge in [-0.3, -0.25) is 4.79 Å². The van der Waals surface area contributed by atoms with Gasteiger partial charge in [0.2, 0.25) is 0 Å². The van der Waals surface area contributed by atoms with E-state index < -0.39 is 0 Å². The summed E-state index contributed by atoms with van der Waals surface area (Å²) in [6.45, 7) is 5.61. The fourth-order valence-electron chi connectivity index (χ4n) is 1.54. The Labute approximate surface area is 102 Å². The number of esters is 1. The molecule has 0 aliphatic rings. The van der Waals surface area contributed by atoms with Gasteiger partial charge in [0.15, 0.2) is 0 Å². The molecule has 0 spiro atoms. The van der Waals surface area contributed by atoms with E-state index in [0.717, 1.165) is 11.1 Å². The van der Waals surface area contributed by atoms with Crippen LogP contribution in [-0.2, 0) is 16.0 Å². The van der Waals surface area contributed by atoms with Crippen LogP contribution in [0.2, 0.25) is 0 Å². The Bertz CT molecular complexity index is 433. The summed E-state index contributed by atoms with van der Waals surface area (Å²) in [4.78, 5) is 23.3. The zero-order valence-electron chi connectivity index (χ0n) is 10.7. The van der Waals surface area contributed by atoms with Gasteiger partial charge in [0.25, 0.3) is 0 Å². The topological polar surface area (TPSA) is 43.4 Å². The molecule has 0 bridgehead atoms. The largest absolute Gasteiger partial charge is 0.465 e. The zero-order valence-corrected chi connectivity index (χ0v) is 10.7. The van der Waals surface area contributed by atoms with Crippen molar-refractivity contribution in [1.29, 1.82) is 0 Å². The van der Waals surface area contributed by atoms with Crippen molar-refractivity contribution in [2.24, 2.45) is 5.92 Å². The molecule has 0 radical (unpaired) electrons. The van der Waals surface area contributed by atoms with Crippen LogP contribution in [0.15, 0.2) is 18.2 Å². The van der Waals surface area contributed by atoms with Crippen molar-refractivity contribution < 1.29 is 14.3 Å². The van der Waals surface area contributed by atoms with Gasteiger partial charge in [-0.2, -0.15) is 0 Å². The number of carbonyl (C=O) groups is 2. The monoisotopic (exact) mass is 234 g/mol. The van der Waals surface area contributed by atoms with E-state index in [1.165, 1.54) is 7.11 Å². The average Bonchev–Trinajstić information content (AvgIpc) is 2.30. The lowest BCUT2D eigenvalue weighted by Gasteiger charge is -2.09. The maximum absolute atomic E-state index is 11.7. The molecule has 0 unspecified atom stereocenters. The van der Waals surface area contributed by atoms with Crippen LogP contribution in [-0.4, -0.2) is 18.9 Å². The van der Waals surface area contributed by atoms with Gasteiger partial charge in [0, 0.05) is 12.3 Å². The summed E-state index contributed by atoms with van der Waals surface area (Å²) in [6, 6.07) is 5.48. The second-order valence-corrected chi connectivity index (χ2v) is 4.45. The van der Waals surface area contributed by atoms with Gasteiger partial charge in [-0.15, -0.1) is 0 Å². The molecule has 0 heterocycles. The normalized spacial score (nSPS) is 10.4. The lowest BCUT2D eigenvalue weighted by molar-refractivity contribution is -0.121. The number of benzene rings is 1.